The number of ether oxygens (including phenoxy) is 1. The van der Waals surface area contributed by atoms with Crippen LogP contribution in [0.4, 0.5) is 0 Å². The van der Waals surface area contributed by atoms with Gasteiger partial charge in [-0.2, -0.15) is 0 Å². The molecule has 0 spiro atoms. The van der Waals surface area contributed by atoms with Crippen molar-refractivity contribution in [3.05, 3.63) is 95.8 Å². The third-order valence-electron chi connectivity index (χ3n) is 5.13. The van der Waals surface area contributed by atoms with E-state index in [1.807, 2.05) is 6.07 Å². The van der Waals surface area contributed by atoms with Crippen molar-refractivity contribution in [2.24, 2.45) is 0 Å². The monoisotopic (exact) mass is 370 g/mol. The molecule has 0 aliphatic rings. The van der Waals surface area contributed by atoms with Crippen molar-refractivity contribution in [1.29, 1.82) is 0 Å². The van der Waals surface area contributed by atoms with Crippen LogP contribution >= 0.6 is 0 Å². The van der Waals surface area contributed by atoms with Gasteiger partial charge in [-0.3, -0.25) is 0 Å². The predicted molar refractivity (Wildman–Crippen MR) is 115 cm³/mol. The van der Waals surface area contributed by atoms with E-state index in [-0.39, 0.29) is 0 Å². The fourth-order valence-electron chi connectivity index (χ4n) is 3.54. The van der Waals surface area contributed by atoms with E-state index in [1.165, 1.54) is 16.6 Å². The van der Waals surface area contributed by atoms with Gasteiger partial charge in [0.2, 0.25) is 0 Å². The third kappa shape index (κ3) is 4.25. The standard InChI is InChI=1S/C25H26N2O/c1-2-20-12-15-22(16-13-20)28-19-18-27-24-11-7-6-10-23(24)26-25(27)17-14-21-8-4-3-5-9-21/h3-13,15-16H,2,14,17-19H2,1H3. The second-order valence-electron chi connectivity index (χ2n) is 7.00. The average molecular weight is 370 g/mol. The molecule has 0 bridgehead atoms. The summed E-state index contributed by atoms with van der Waals surface area (Å²) in [5, 5.41) is 0. The summed E-state index contributed by atoms with van der Waals surface area (Å²) in [5.74, 6) is 2.04. The van der Waals surface area contributed by atoms with Crippen LogP contribution in [-0.4, -0.2) is 16.2 Å². The zero-order valence-electron chi connectivity index (χ0n) is 16.3. The quantitative estimate of drug-likeness (QED) is 0.412. The number of imidazole rings is 1. The molecule has 0 fully saturated rings. The molecule has 0 aliphatic heterocycles. The van der Waals surface area contributed by atoms with Crippen LogP contribution in [0.5, 0.6) is 5.75 Å². The smallest absolute Gasteiger partial charge is 0.119 e. The molecule has 0 saturated heterocycles. The van der Waals surface area contributed by atoms with Gasteiger partial charge in [0, 0.05) is 6.42 Å². The molecule has 3 heteroatoms. The first kappa shape index (κ1) is 18.3. The summed E-state index contributed by atoms with van der Waals surface area (Å²) in [5.41, 5.74) is 4.90. The first-order valence-electron chi connectivity index (χ1n) is 10.0. The number of hydrogen-bond acceptors (Lipinski definition) is 2. The van der Waals surface area contributed by atoms with Crippen molar-refractivity contribution in [3.63, 3.8) is 0 Å². The van der Waals surface area contributed by atoms with Crippen molar-refractivity contribution in [3.8, 4) is 5.75 Å². The number of nitrogens with zero attached hydrogens (tertiary/aromatic N) is 2. The fourth-order valence-corrected chi connectivity index (χ4v) is 3.54. The molecule has 0 saturated carbocycles. The molecule has 0 atom stereocenters. The highest BCUT2D eigenvalue weighted by molar-refractivity contribution is 5.75. The Morgan fingerprint density at radius 1 is 0.786 bits per heavy atom. The zero-order chi connectivity index (χ0) is 19.2. The van der Waals surface area contributed by atoms with Gasteiger partial charge in [0.05, 0.1) is 17.6 Å². The lowest BCUT2D eigenvalue weighted by Crippen LogP contribution is -2.12. The Morgan fingerprint density at radius 2 is 1.54 bits per heavy atom. The Kier molecular flexibility index (Phi) is 5.72. The largest absolute Gasteiger partial charge is 0.492 e. The number of rotatable bonds is 8. The Labute approximate surface area is 166 Å². The Balaban J connectivity index is 1.47. The molecule has 3 nitrogen and oxygen atoms in total. The van der Waals surface area contributed by atoms with Gasteiger partial charge in [-0.1, -0.05) is 61.5 Å². The summed E-state index contributed by atoms with van der Waals surface area (Å²) in [6.45, 7) is 3.58. The van der Waals surface area contributed by atoms with Crippen LogP contribution in [0.15, 0.2) is 78.9 Å². The highest BCUT2D eigenvalue weighted by Gasteiger charge is 2.10. The number of para-hydroxylation sites is 2. The van der Waals surface area contributed by atoms with Gasteiger partial charge in [0.1, 0.15) is 18.2 Å². The van der Waals surface area contributed by atoms with Crippen molar-refractivity contribution in [1.82, 2.24) is 9.55 Å². The first-order chi connectivity index (χ1) is 13.8. The number of benzene rings is 3. The van der Waals surface area contributed by atoms with Crippen LogP contribution in [-0.2, 0) is 25.8 Å². The van der Waals surface area contributed by atoms with Gasteiger partial charge < -0.3 is 9.30 Å². The minimum atomic E-state index is 0.629. The van der Waals surface area contributed by atoms with Gasteiger partial charge in [0.15, 0.2) is 0 Å². The molecule has 1 heterocycles. The van der Waals surface area contributed by atoms with E-state index >= 15 is 0 Å². The maximum absolute atomic E-state index is 6.00. The molecule has 3 aromatic carbocycles. The van der Waals surface area contributed by atoms with Crippen LogP contribution in [0.25, 0.3) is 11.0 Å². The molecular formula is C25H26N2O. The number of aryl methyl sites for hydroxylation is 3. The minimum Gasteiger partial charge on any atom is -0.492 e. The Hall–Kier alpha value is -3.07. The molecule has 142 valence electrons. The molecule has 4 aromatic rings. The third-order valence-corrected chi connectivity index (χ3v) is 5.13. The van der Waals surface area contributed by atoms with Crippen molar-refractivity contribution < 1.29 is 4.74 Å². The van der Waals surface area contributed by atoms with E-state index in [9.17, 15) is 0 Å². The van der Waals surface area contributed by atoms with E-state index < -0.39 is 0 Å². The molecule has 0 radical (unpaired) electrons. The van der Waals surface area contributed by atoms with Gasteiger partial charge >= 0.3 is 0 Å². The second kappa shape index (κ2) is 8.75. The fraction of sp³-hybridized carbons (Fsp3) is 0.240. The van der Waals surface area contributed by atoms with E-state index in [0.29, 0.717) is 6.61 Å². The van der Waals surface area contributed by atoms with Crippen molar-refractivity contribution in [2.45, 2.75) is 32.7 Å². The summed E-state index contributed by atoms with van der Waals surface area (Å²) in [7, 11) is 0. The summed E-state index contributed by atoms with van der Waals surface area (Å²) in [4.78, 5) is 4.88. The molecule has 1 aromatic heterocycles. The Bertz CT molecular complexity index is 1020. The average Bonchev–Trinajstić information content (AvgIpc) is 3.11. The summed E-state index contributed by atoms with van der Waals surface area (Å²) >= 11 is 0. The summed E-state index contributed by atoms with van der Waals surface area (Å²) in [6.07, 6.45) is 2.96. The highest BCUT2D eigenvalue weighted by Crippen LogP contribution is 2.18. The maximum atomic E-state index is 6.00. The number of fused-ring (bicyclic) bond motifs is 1. The lowest BCUT2D eigenvalue weighted by atomic mass is 10.1. The second-order valence-corrected chi connectivity index (χ2v) is 7.00. The lowest BCUT2D eigenvalue weighted by molar-refractivity contribution is 0.298. The van der Waals surface area contributed by atoms with Gasteiger partial charge in [-0.15, -0.1) is 0 Å². The maximum Gasteiger partial charge on any atom is 0.119 e. The van der Waals surface area contributed by atoms with Crippen LogP contribution < -0.4 is 4.74 Å². The first-order valence-corrected chi connectivity index (χ1v) is 10.0. The SMILES string of the molecule is CCc1ccc(OCCn2c(CCc3ccccc3)nc3ccccc32)cc1. The zero-order valence-corrected chi connectivity index (χ0v) is 16.3. The van der Waals surface area contributed by atoms with Crippen LogP contribution in [0.1, 0.15) is 23.9 Å². The molecule has 0 amide bonds. The van der Waals surface area contributed by atoms with Crippen LogP contribution in [0.2, 0.25) is 0 Å². The van der Waals surface area contributed by atoms with Crippen molar-refractivity contribution in [2.75, 3.05) is 6.61 Å². The summed E-state index contributed by atoms with van der Waals surface area (Å²) in [6, 6.07) is 27.3. The molecule has 0 aliphatic carbocycles. The van der Waals surface area contributed by atoms with E-state index in [1.54, 1.807) is 0 Å². The van der Waals surface area contributed by atoms with E-state index in [2.05, 4.69) is 84.3 Å². The molecule has 4 rings (SSSR count). The van der Waals surface area contributed by atoms with E-state index in [4.69, 9.17) is 9.72 Å². The lowest BCUT2D eigenvalue weighted by Gasteiger charge is -2.11. The normalized spacial score (nSPS) is 11.0. The molecule has 0 N–H and O–H groups in total. The van der Waals surface area contributed by atoms with Gasteiger partial charge in [-0.05, 0) is 48.2 Å². The topological polar surface area (TPSA) is 27.1 Å². The minimum absolute atomic E-state index is 0.629. The van der Waals surface area contributed by atoms with Crippen LogP contribution in [0, 0.1) is 0 Å². The van der Waals surface area contributed by atoms with Gasteiger partial charge in [-0.25, -0.2) is 4.98 Å². The van der Waals surface area contributed by atoms with Crippen molar-refractivity contribution >= 4 is 11.0 Å². The number of hydrogen-bond donors (Lipinski definition) is 0. The predicted octanol–water partition coefficient (Wildman–Crippen LogP) is 5.46. The van der Waals surface area contributed by atoms with Gasteiger partial charge in [0.25, 0.3) is 0 Å². The molecule has 0 unspecified atom stereocenters. The highest BCUT2D eigenvalue weighted by atomic mass is 16.5. The molecule has 28 heavy (non-hydrogen) atoms. The summed E-state index contributed by atoms with van der Waals surface area (Å²) < 4.78 is 8.30. The van der Waals surface area contributed by atoms with Crippen LogP contribution in [0.3, 0.4) is 0 Å². The van der Waals surface area contributed by atoms with E-state index in [0.717, 1.165) is 42.9 Å². The Morgan fingerprint density at radius 3 is 2.32 bits per heavy atom. The number of aromatic nitrogens is 2. The molecular weight excluding hydrogens is 344 g/mol.